The predicted octanol–water partition coefficient (Wildman–Crippen LogP) is 1.21. The minimum Gasteiger partial charge on any atom is -0.366 e. The fourth-order valence-corrected chi connectivity index (χ4v) is 3.14. The molecule has 3 heterocycles. The molecule has 2 aliphatic rings. The van der Waals surface area contributed by atoms with Gasteiger partial charge in [-0.25, -0.2) is 9.97 Å². The molecule has 0 aromatic carbocycles. The average molecular weight is 313 g/mol. The van der Waals surface area contributed by atoms with Crippen molar-refractivity contribution in [1.29, 1.82) is 0 Å². The van der Waals surface area contributed by atoms with E-state index in [4.69, 9.17) is 0 Å². The first-order valence-electron chi connectivity index (χ1n) is 8.43. The van der Waals surface area contributed by atoms with Gasteiger partial charge in [-0.05, 0) is 25.3 Å². The van der Waals surface area contributed by atoms with Crippen LogP contribution in [0.3, 0.4) is 0 Å². The third-order valence-electron chi connectivity index (χ3n) is 4.58. The van der Waals surface area contributed by atoms with Crippen LogP contribution in [0, 0.1) is 0 Å². The molecule has 122 valence electrons. The molecular formula is C16H23N7. The largest absolute Gasteiger partial charge is 0.366 e. The van der Waals surface area contributed by atoms with Gasteiger partial charge in [-0.3, -0.25) is 4.68 Å². The molecule has 1 aliphatic heterocycles. The lowest BCUT2D eigenvalue weighted by Crippen LogP contribution is -2.28. The summed E-state index contributed by atoms with van der Waals surface area (Å²) in [6.45, 7) is 3.22. The van der Waals surface area contributed by atoms with Crippen LogP contribution in [0.15, 0.2) is 18.5 Å². The molecule has 1 unspecified atom stereocenters. The van der Waals surface area contributed by atoms with Gasteiger partial charge in [-0.15, -0.1) is 5.10 Å². The molecule has 0 amide bonds. The van der Waals surface area contributed by atoms with Gasteiger partial charge in [0.25, 0.3) is 0 Å². The fraction of sp³-hybridized carbons (Fsp3) is 0.625. The van der Waals surface area contributed by atoms with E-state index in [9.17, 15) is 0 Å². The van der Waals surface area contributed by atoms with Crippen LogP contribution in [0.2, 0.25) is 0 Å². The van der Waals surface area contributed by atoms with Gasteiger partial charge in [-0.1, -0.05) is 5.21 Å². The highest BCUT2D eigenvalue weighted by Gasteiger charge is 2.27. The highest BCUT2D eigenvalue weighted by Crippen LogP contribution is 2.38. The lowest BCUT2D eigenvalue weighted by molar-refractivity contribution is 0.339. The zero-order valence-electron chi connectivity index (χ0n) is 13.5. The van der Waals surface area contributed by atoms with Crippen molar-refractivity contribution in [2.45, 2.75) is 37.6 Å². The summed E-state index contributed by atoms with van der Waals surface area (Å²) in [5, 5.41) is 11.7. The summed E-state index contributed by atoms with van der Waals surface area (Å²) in [5.74, 6) is 2.58. The number of nitrogens with one attached hydrogen (secondary N) is 1. The van der Waals surface area contributed by atoms with E-state index in [1.807, 2.05) is 25.5 Å². The van der Waals surface area contributed by atoms with Crippen LogP contribution in [0.25, 0.3) is 0 Å². The van der Waals surface area contributed by atoms with Crippen LogP contribution >= 0.6 is 0 Å². The van der Waals surface area contributed by atoms with Gasteiger partial charge in [0.05, 0.1) is 5.69 Å². The Morgan fingerprint density at radius 1 is 1.30 bits per heavy atom. The molecule has 2 aromatic heterocycles. The number of hydrogen-bond donors (Lipinski definition) is 1. The monoisotopic (exact) mass is 313 g/mol. The van der Waals surface area contributed by atoms with E-state index >= 15 is 0 Å². The molecule has 0 spiro atoms. The molecule has 4 rings (SSSR count). The molecule has 2 fully saturated rings. The van der Waals surface area contributed by atoms with Crippen molar-refractivity contribution in [3.63, 3.8) is 0 Å². The summed E-state index contributed by atoms with van der Waals surface area (Å²) >= 11 is 0. The Kier molecular flexibility index (Phi) is 3.95. The molecule has 1 atom stereocenters. The van der Waals surface area contributed by atoms with E-state index in [-0.39, 0.29) is 0 Å². The third-order valence-corrected chi connectivity index (χ3v) is 4.58. The lowest BCUT2D eigenvalue weighted by Gasteiger charge is -2.16. The first-order valence-corrected chi connectivity index (χ1v) is 8.43. The topological polar surface area (TPSA) is 71.8 Å². The standard InChI is InChI=1S/C16H23N7/c1-22-10-14(20-21-22)6-9-23-8-5-13(11-23)18-15-4-7-17-16(19-15)12-2-3-12/h4,7,10,12-13H,2-3,5-6,8-9,11H2,1H3,(H,17,18,19). The van der Waals surface area contributed by atoms with Crippen molar-refractivity contribution in [2.75, 3.05) is 25.0 Å². The van der Waals surface area contributed by atoms with Crippen LogP contribution in [0.4, 0.5) is 5.82 Å². The van der Waals surface area contributed by atoms with Crippen molar-refractivity contribution in [2.24, 2.45) is 7.05 Å². The van der Waals surface area contributed by atoms with Gasteiger partial charge >= 0.3 is 0 Å². The van der Waals surface area contributed by atoms with E-state index in [2.05, 4.69) is 30.5 Å². The summed E-state index contributed by atoms with van der Waals surface area (Å²) in [6.07, 6.45) is 8.46. The van der Waals surface area contributed by atoms with Gasteiger partial charge in [0.15, 0.2) is 0 Å². The summed E-state index contributed by atoms with van der Waals surface area (Å²) in [6, 6.07) is 2.45. The van der Waals surface area contributed by atoms with Crippen molar-refractivity contribution in [1.82, 2.24) is 29.9 Å². The van der Waals surface area contributed by atoms with Gasteiger partial charge in [0, 0.05) is 57.5 Å². The highest BCUT2D eigenvalue weighted by molar-refractivity contribution is 5.35. The fourth-order valence-electron chi connectivity index (χ4n) is 3.14. The quantitative estimate of drug-likeness (QED) is 0.864. The maximum absolute atomic E-state index is 4.66. The van der Waals surface area contributed by atoms with E-state index < -0.39 is 0 Å². The number of anilines is 1. The second-order valence-corrected chi connectivity index (χ2v) is 6.64. The Bertz CT molecular complexity index is 664. The molecule has 1 saturated heterocycles. The predicted molar refractivity (Wildman–Crippen MR) is 87.2 cm³/mol. The maximum atomic E-state index is 4.66. The normalized spacial score (nSPS) is 21.7. The molecule has 7 heteroatoms. The van der Waals surface area contributed by atoms with Crippen molar-refractivity contribution in [3.8, 4) is 0 Å². The zero-order valence-corrected chi connectivity index (χ0v) is 13.5. The molecule has 1 aliphatic carbocycles. The second kappa shape index (κ2) is 6.23. The van der Waals surface area contributed by atoms with Crippen LogP contribution in [0.1, 0.15) is 36.7 Å². The van der Waals surface area contributed by atoms with Crippen molar-refractivity contribution in [3.05, 3.63) is 30.0 Å². The van der Waals surface area contributed by atoms with Crippen molar-refractivity contribution < 1.29 is 0 Å². The third kappa shape index (κ3) is 3.67. The Morgan fingerprint density at radius 2 is 2.22 bits per heavy atom. The van der Waals surface area contributed by atoms with E-state index in [0.29, 0.717) is 12.0 Å². The average Bonchev–Trinajstić information content (AvgIpc) is 3.19. The van der Waals surface area contributed by atoms with Gasteiger partial charge in [-0.2, -0.15) is 0 Å². The number of likely N-dealkylation sites (tertiary alicyclic amines) is 1. The van der Waals surface area contributed by atoms with E-state index in [1.54, 1.807) is 4.68 Å². The Balaban J connectivity index is 1.27. The first kappa shape index (κ1) is 14.6. The molecule has 23 heavy (non-hydrogen) atoms. The van der Waals surface area contributed by atoms with Crippen LogP contribution < -0.4 is 5.32 Å². The molecule has 0 bridgehead atoms. The van der Waals surface area contributed by atoms with Crippen molar-refractivity contribution >= 4 is 5.82 Å². The first-order chi connectivity index (χ1) is 11.3. The van der Waals surface area contributed by atoms with Crippen LogP contribution in [-0.2, 0) is 13.5 Å². The van der Waals surface area contributed by atoms with Gasteiger partial charge < -0.3 is 10.2 Å². The lowest BCUT2D eigenvalue weighted by atomic mass is 10.2. The second-order valence-electron chi connectivity index (χ2n) is 6.64. The number of hydrogen-bond acceptors (Lipinski definition) is 6. The van der Waals surface area contributed by atoms with Crippen LogP contribution in [-0.4, -0.2) is 55.5 Å². The minimum atomic E-state index is 0.471. The van der Waals surface area contributed by atoms with Gasteiger partial charge in [0.2, 0.25) is 0 Å². The Morgan fingerprint density at radius 3 is 3.00 bits per heavy atom. The van der Waals surface area contributed by atoms with E-state index in [1.165, 1.54) is 12.8 Å². The molecule has 2 aromatic rings. The number of nitrogens with zero attached hydrogens (tertiary/aromatic N) is 6. The Labute approximate surface area is 136 Å². The smallest absolute Gasteiger partial charge is 0.133 e. The van der Waals surface area contributed by atoms with E-state index in [0.717, 1.165) is 49.8 Å². The molecular weight excluding hydrogens is 290 g/mol. The number of aromatic nitrogens is 5. The summed E-state index contributed by atoms with van der Waals surface area (Å²) in [4.78, 5) is 11.5. The Hall–Kier alpha value is -2.02. The number of rotatable bonds is 6. The number of aryl methyl sites for hydroxylation is 1. The molecule has 7 nitrogen and oxygen atoms in total. The maximum Gasteiger partial charge on any atom is 0.133 e. The zero-order chi connectivity index (χ0) is 15.6. The van der Waals surface area contributed by atoms with Crippen LogP contribution in [0.5, 0.6) is 0 Å². The molecule has 1 N–H and O–H groups in total. The SMILES string of the molecule is Cn1cc(CCN2CCC(Nc3ccnc(C4CC4)n3)C2)nn1. The summed E-state index contributed by atoms with van der Waals surface area (Å²) < 4.78 is 1.76. The molecule has 1 saturated carbocycles. The summed E-state index contributed by atoms with van der Waals surface area (Å²) in [5.41, 5.74) is 1.06. The highest BCUT2D eigenvalue weighted by atomic mass is 15.4. The molecule has 0 radical (unpaired) electrons. The van der Waals surface area contributed by atoms with Gasteiger partial charge in [0.1, 0.15) is 11.6 Å². The summed E-state index contributed by atoms with van der Waals surface area (Å²) in [7, 11) is 1.91. The minimum absolute atomic E-state index is 0.471.